The lowest BCUT2D eigenvalue weighted by Crippen LogP contribution is -2.31. The van der Waals surface area contributed by atoms with Gasteiger partial charge in [0.15, 0.2) is 12.6 Å². The van der Waals surface area contributed by atoms with E-state index in [0.29, 0.717) is 13.2 Å². The van der Waals surface area contributed by atoms with Crippen LogP contribution >= 0.6 is 0 Å². The summed E-state index contributed by atoms with van der Waals surface area (Å²) in [6.45, 7) is 3.04. The van der Waals surface area contributed by atoms with E-state index in [9.17, 15) is 0 Å². The molecule has 2 saturated heterocycles. The molecule has 4 rings (SSSR count). The lowest BCUT2D eigenvalue weighted by atomic mass is 10.2. The Morgan fingerprint density at radius 1 is 0.643 bits per heavy atom. The second-order valence-electron chi connectivity index (χ2n) is 7.19. The maximum Gasteiger partial charge on any atom is 0.160 e. The summed E-state index contributed by atoms with van der Waals surface area (Å²) < 4.78 is 22.3. The Morgan fingerprint density at radius 2 is 1.11 bits per heavy atom. The second kappa shape index (κ2) is 12.7. The maximum atomic E-state index is 5.69. The van der Waals surface area contributed by atoms with E-state index in [1.807, 2.05) is 36.4 Å². The largest absolute Gasteiger partial charge is 0.372 e. The highest BCUT2D eigenvalue weighted by molar-refractivity contribution is 5.15. The highest BCUT2D eigenvalue weighted by atomic mass is 16.8. The molecular formula is C24H32O4. The summed E-state index contributed by atoms with van der Waals surface area (Å²) >= 11 is 0. The average Bonchev–Trinajstić information content (AvgIpc) is 2.77. The molecule has 0 saturated carbocycles. The van der Waals surface area contributed by atoms with Crippen LogP contribution in [0.3, 0.4) is 0 Å². The van der Waals surface area contributed by atoms with Gasteiger partial charge in [0.25, 0.3) is 0 Å². The summed E-state index contributed by atoms with van der Waals surface area (Å²) in [6.07, 6.45) is 6.83. The van der Waals surface area contributed by atoms with Gasteiger partial charge in [0.2, 0.25) is 0 Å². The Balaban J connectivity index is 0.000000162. The molecule has 152 valence electrons. The Bertz CT molecular complexity index is 564. The zero-order valence-electron chi connectivity index (χ0n) is 16.6. The van der Waals surface area contributed by atoms with Gasteiger partial charge in [0.05, 0.1) is 13.2 Å². The van der Waals surface area contributed by atoms with E-state index < -0.39 is 0 Å². The van der Waals surface area contributed by atoms with Crippen molar-refractivity contribution in [2.24, 2.45) is 0 Å². The molecule has 2 atom stereocenters. The van der Waals surface area contributed by atoms with E-state index >= 15 is 0 Å². The third kappa shape index (κ3) is 8.11. The Hall–Kier alpha value is -1.72. The van der Waals surface area contributed by atoms with Crippen molar-refractivity contribution in [3.63, 3.8) is 0 Å². The zero-order valence-corrected chi connectivity index (χ0v) is 16.6. The van der Waals surface area contributed by atoms with Gasteiger partial charge in [-0.2, -0.15) is 0 Å². The average molecular weight is 385 g/mol. The molecule has 2 aromatic rings. The minimum absolute atomic E-state index is 0.00292. The van der Waals surface area contributed by atoms with E-state index in [1.165, 1.54) is 36.8 Å². The Labute approximate surface area is 168 Å². The van der Waals surface area contributed by atoms with E-state index in [4.69, 9.17) is 18.9 Å². The van der Waals surface area contributed by atoms with Crippen molar-refractivity contribution in [2.75, 3.05) is 13.2 Å². The zero-order chi connectivity index (χ0) is 19.3. The first-order valence-corrected chi connectivity index (χ1v) is 10.4. The van der Waals surface area contributed by atoms with Gasteiger partial charge in [-0.25, -0.2) is 0 Å². The van der Waals surface area contributed by atoms with Gasteiger partial charge in [-0.1, -0.05) is 60.7 Å². The van der Waals surface area contributed by atoms with Gasteiger partial charge in [-0.3, -0.25) is 0 Å². The first-order chi connectivity index (χ1) is 13.9. The minimum atomic E-state index is -0.00292. The SMILES string of the molecule is C1CCC(OC2CCCCO2)OC1.c1ccc(COCc2ccccc2)cc1. The fourth-order valence-electron chi connectivity index (χ4n) is 3.24. The van der Waals surface area contributed by atoms with Gasteiger partial charge in [0, 0.05) is 13.2 Å². The molecule has 0 N–H and O–H groups in total. The van der Waals surface area contributed by atoms with Crippen molar-refractivity contribution >= 4 is 0 Å². The smallest absolute Gasteiger partial charge is 0.160 e. The number of ether oxygens (including phenoxy) is 4. The van der Waals surface area contributed by atoms with Crippen LogP contribution < -0.4 is 0 Å². The summed E-state index contributed by atoms with van der Waals surface area (Å²) in [5.74, 6) is 0. The van der Waals surface area contributed by atoms with E-state index in [0.717, 1.165) is 26.1 Å². The summed E-state index contributed by atoms with van der Waals surface area (Å²) in [7, 11) is 0. The molecule has 2 aliphatic rings. The van der Waals surface area contributed by atoms with Gasteiger partial charge in [-0.05, 0) is 49.7 Å². The number of hydrogen-bond donors (Lipinski definition) is 0. The van der Waals surface area contributed by atoms with Crippen LogP contribution in [0.4, 0.5) is 0 Å². The molecule has 0 bridgehead atoms. The van der Waals surface area contributed by atoms with Gasteiger partial charge < -0.3 is 18.9 Å². The standard InChI is InChI=1S/C14H14O.C10H18O3/c1-3-7-13(8-4-1)11-15-12-14-9-5-2-6-10-14;1-3-7-11-9(5-1)13-10-6-2-4-8-12-10/h1-10H,11-12H2;9-10H,1-8H2. The third-order valence-corrected chi connectivity index (χ3v) is 4.80. The molecule has 4 heteroatoms. The molecule has 0 aliphatic carbocycles. The van der Waals surface area contributed by atoms with Crippen LogP contribution in [0, 0.1) is 0 Å². The summed E-state index contributed by atoms with van der Waals surface area (Å²) in [4.78, 5) is 0. The van der Waals surface area contributed by atoms with E-state index in [-0.39, 0.29) is 12.6 Å². The van der Waals surface area contributed by atoms with Crippen LogP contribution in [-0.2, 0) is 32.2 Å². The molecule has 4 nitrogen and oxygen atoms in total. The predicted molar refractivity (Wildman–Crippen MR) is 110 cm³/mol. The third-order valence-electron chi connectivity index (χ3n) is 4.80. The molecule has 2 fully saturated rings. The molecule has 2 aromatic carbocycles. The van der Waals surface area contributed by atoms with Crippen molar-refractivity contribution < 1.29 is 18.9 Å². The Morgan fingerprint density at radius 3 is 1.50 bits per heavy atom. The topological polar surface area (TPSA) is 36.9 Å². The monoisotopic (exact) mass is 384 g/mol. The lowest BCUT2D eigenvalue weighted by Gasteiger charge is -2.29. The number of hydrogen-bond acceptors (Lipinski definition) is 4. The molecule has 0 radical (unpaired) electrons. The van der Waals surface area contributed by atoms with Crippen molar-refractivity contribution in [1.82, 2.24) is 0 Å². The van der Waals surface area contributed by atoms with Gasteiger partial charge >= 0.3 is 0 Å². The van der Waals surface area contributed by atoms with Crippen LogP contribution in [0.2, 0.25) is 0 Å². The first kappa shape index (κ1) is 21.0. The van der Waals surface area contributed by atoms with Crippen molar-refractivity contribution in [3.05, 3.63) is 71.8 Å². The molecule has 2 unspecified atom stereocenters. The fourth-order valence-corrected chi connectivity index (χ4v) is 3.24. The van der Waals surface area contributed by atoms with Crippen LogP contribution in [0.1, 0.15) is 49.7 Å². The number of rotatable bonds is 6. The summed E-state index contributed by atoms with van der Waals surface area (Å²) in [5.41, 5.74) is 2.43. The molecule has 28 heavy (non-hydrogen) atoms. The highest BCUT2D eigenvalue weighted by Gasteiger charge is 2.21. The highest BCUT2D eigenvalue weighted by Crippen LogP contribution is 2.20. The molecular weight excluding hydrogens is 352 g/mol. The van der Waals surface area contributed by atoms with E-state index in [1.54, 1.807) is 0 Å². The second-order valence-corrected chi connectivity index (χ2v) is 7.19. The van der Waals surface area contributed by atoms with Crippen molar-refractivity contribution in [3.8, 4) is 0 Å². The number of benzene rings is 2. The molecule has 0 aromatic heterocycles. The first-order valence-electron chi connectivity index (χ1n) is 10.4. The van der Waals surface area contributed by atoms with Crippen LogP contribution in [0.15, 0.2) is 60.7 Å². The quantitative estimate of drug-likeness (QED) is 0.663. The minimum Gasteiger partial charge on any atom is -0.372 e. The van der Waals surface area contributed by atoms with Crippen LogP contribution in [0.5, 0.6) is 0 Å². The molecule has 0 amide bonds. The molecule has 2 aliphatic heterocycles. The van der Waals surface area contributed by atoms with Crippen LogP contribution in [-0.4, -0.2) is 25.8 Å². The lowest BCUT2D eigenvalue weighted by molar-refractivity contribution is -0.264. The van der Waals surface area contributed by atoms with E-state index in [2.05, 4.69) is 24.3 Å². The van der Waals surface area contributed by atoms with Crippen molar-refractivity contribution in [2.45, 2.75) is 64.3 Å². The van der Waals surface area contributed by atoms with Crippen molar-refractivity contribution in [1.29, 1.82) is 0 Å². The van der Waals surface area contributed by atoms with Gasteiger partial charge in [-0.15, -0.1) is 0 Å². The summed E-state index contributed by atoms with van der Waals surface area (Å²) in [5, 5.41) is 0. The summed E-state index contributed by atoms with van der Waals surface area (Å²) in [6, 6.07) is 20.4. The Kier molecular flexibility index (Phi) is 9.51. The maximum absolute atomic E-state index is 5.69. The fraction of sp³-hybridized carbons (Fsp3) is 0.500. The van der Waals surface area contributed by atoms with Crippen LogP contribution in [0.25, 0.3) is 0 Å². The predicted octanol–water partition coefficient (Wildman–Crippen LogP) is 5.46. The van der Waals surface area contributed by atoms with Gasteiger partial charge in [0.1, 0.15) is 0 Å². The normalized spacial score (nSPS) is 22.1. The molecule has 2 heterocycles. The molecule has 0 spiro atoms.